The fraction of sp³-hybridized carbons (Fsp3) is 0.381. The van der Waals surface area contributed by atoms with Gasteiger partial charge in [0.15, 0.2) is 0 Å². The summed E-state index contributed by atoms with van der Waals surface area (Å²) < 4.78 is 0. The number of carbonyl (C=O) groups is 1. The predicted molar refractivity (Wildman–Crippen MR) is 101 cm³/mol. The number of carboxylic acid groups (broad SMARTS) is 1. The molecule has 0 unspecified atom stereocenters. The molecule has 4 heteroatoms. The molecule has 0 radical (unpaired) electrons. The Morgan fingerprint density at radius 3 is 2.56 bits per heavy atom. The zero-order valence-electron chi connectivity index (χ0n) is 14.3. The highest BCUT2D eigenvalue weighted by molar-refractivity contribution is 6.30. The molecule has 0 amide bonds. The Kier molecular flexibility index (Phi) is 5.77. The maximum Gasteiger partial charge on any atom is 0.335 e. The fourth-order valence-electron chi connectivity index (χ4n) is 3.87. The zero-order chi connectivity index (χ0) is 17.7. The van der Waals surface area contributed by atoms with Crippen LogP contribution < -0.4 is 5.32 Å². The Bertz CT molecular complexity index is 738. The van der Waals surface area contributed by atoms with Gasteiger partial charge in [-0.3, -0.25) is 0 Å². The van der Waals surface area contributed by atoms with Gasteiger partial charge in [-0.05, 0) is 48.2 Å². The summed E-state index contributed by atoms with van der Waals surface area (Å²) >= 11 is 6.23. The molecule has 1 saturated carbocycles. The van der Waals surface area contributed by atoms with E-state index in [4.69, 9.17) is 16.7 Å². The van der Waals surface area contributed by atoms with Crippen LogP contribution in [0.3, 0.4) is 0 Å². The first-order valence-electron chi connectivity index (χ1n) is 8.88. The minimum absolute atomic E-state index is 0.119. The van der Waals surface area contributed by atoms with Crippen LogP contribution in [0.2, 0.25) is 5.02 Å². The van der Waals surface area contributed by atoms with E-state index < -0.39 is 5.97 Å². The molecule has 0 saturated heterocycles. The summed E-state index contributed by atoms with van der Waals surface area (Å²) in [6.07, 6.45) is 6.10. The van der Waals surface area contributed by atoms with E-state index >= 15 is 0 Å². The summed E-state index contributed by atoms with van der Waals surface area (Å²) in [4.78, 5) is 11.1. The van der Waals surface area contributed by atoms with Gasteiger partial charge in [0, 0.05) is 23.5 Å². The zero-order valence-corrected chi connectivity index (χ0v) is 15.1. The van der Waals surface area contributed by atoms with Gasteiger partial charge in [-0.25, -0.2) is 4.79 Å². The quantitative estimate of drug-likeness (QED) is 0.762. The van der Waals surface area contributed by atoms with Crippen molar-refractivity contribution >= 4 is 17.6 Å². The topological polar surface area (TPSA) is 49.3 Å². The first kappa shape index (κ1) is 18.0. The van der Waals surface area contributed by atoms with Crippen molar-refractivity contribution in [2.75, 3.05) is 6.54 Å². The molecule has 1 fully saturated rings. The van der Waals surface area contributed by atoms with Crippen molar-refractivity contribution in [3.63, 3.8) is 0 Å². The standard InChI is InChI=1S/C21H24ClNO2/c22-19-9-5-8-18(13-19)21(10-2-1-3-11-21)15-23-14-16-6-4-7-17(12-16)20(24)25/h4-9,12-13,23H,1-3,10-11,14-15H2,(H,24,25). The summed E-state index contributed by atoms with van der Waals surface area (Å²) in [6.45, 7) is 1.55. The minimum atomic E-state index is -0.885. The van der Waals surface area contributed by atoms with E-state index in [0.717, 1.165) is 30.0 Å². The molecule has 0 bridgehead atoms. The molecule has 25 heavy (non-hydrogen) atoms. The van der Waals surface area contributed by atoms with Crippen molar-refractivity contribution in [2.45, 2.75) is 44.1 Å². The van der Waals surface area contributed by atoms with Gasteiger partial charge in [-0.2, -0.15) is 0 Å². The molecule has 3 rings (SSSR count). The van der Waals surface area contributed by atoms with Crippen LogP contribution in [-0.2, 0) is 12.0 Å². The molecule has 2 aromatic carbocycles. The average molecular weight is 358 g/mol. The lowest BCUT2D eigenvalue weighted by molar-refractivity contribution is 0.0696. The monoisotopic (exact) mass is 357 g/mol. The molecule has 1 aliphatic rings. The number of benzene rings is 2. The van der Waals surface area contributed by atoms with Gasteiger partial charge in [-0.1, -0.05) is 55.1 Å². The summed E-state index contributed by atoms with van der Waals surface area (Å²) in [7, 11) is 0. The summed E-state index contributed by atoms with van der Waals surface area (Å²) in [5.74, 6) is -0.885. The minimum Gasteiger partial charge on any atom is -0.478 e. The third kappa shape index (κ3) is 4.42. The van der Waals surface area contributed by atoms with Crippen LogP contribution in [-0.4, -0.2) is 17.6 Å². The fourth-order valence-corrected chi connectivity index (χ4v) is 4.07. The molecule has 2 aromatic rings. The molecular weight excluding hydrogens is 334 g/mol. The van der Waals surface area contributed by atoms with Gasteiger partial charge >= 0.3 is 5.97 Å². The van der Waals surface area contributed by atoms with E-state index in [1.165, 1.54) is 24.8 Å². The second-order valence-electron chi connectivity index (χ2n) is 6.96. The summed E-state index contributed by atoms with van der Waals surface area (Å²) in [5.41, 5.74) is 2.76. The molecule has 132 valence electrons. The lowest BCUT2D eigenvalue weighted by atomic mass is 9.69. The number of carboxylic acids is 1. The van der Waals surface area contributed by atoms with Crippen molar-refractivity contribution in [1.82, 2.24) is 5.32 Å². The van der Waals surface area contributed by atoms with Gasteiger partial charge in [0.25, 0.3) is 0 Å². The maximum atomic E-state index is 11.1. The molecule has 2 N–H and O–H groups in total. The van der Waals surface area contributed by atoms with E-state index in [0.29, 0.717) is 12.1 Å². The number of halogens is 1. The molecule has 0 spiro atoms. The first-order chi connectivity index (χ1) is 12.1. The Labute approximate surface area is 154 Å². The van der Waals surface area contributed by atoms with Gasteiger partial charge in [0.2, 0.25) is 0 Å². The van der Waals surface area contributed by atoms with Gasteiger partial charge in [0.1, 0.15) is 0 Å². The third-order valence-electron chi connectivity index (χ3n) is 5.21. The van der Waals surface area contributed by atoms with Crippen molar-refractivity contribution < 1.29 is 9.90 Å². The van der Waals surface area contributed by atoms with E-state index in [-0.39, 0.29) is 5.41 Å². The van der Waals surface area contributed by atoms with Crippen LogP contribution in [0.25, 0.3) is 0 Å². The van der Waals surface area contributed by atoms with Gasteiger partial charge in [-0.15, -0.1) is 0 Å². The summed E-state index contributed by atoms with van der Waals surface area (Å²) in [5, 5.41) is 13.5. The van der Waals surface area contributed by atoms with Crippen LogP contribution in [0, 0.1) is 0 Å². The highest BCUT2D eigenvalue weighted by atomic mass is 35.5. The Morgan fingerprint density at radius 2 is 1.84 bits per heavy atom. The third-order valence-corrected chi connectivity index (χ3v) is 5.45. The molecule has 3 nitrogen and oxygen atoms in total. The van der Waals surface area contributed by atoms with Crippen LogP contribution in [0.4, 0.5) is 0 Å². The van der Waals surface area contributed by atoms with E-state index in [2.05, 4.69) is 17.4 Å². The number of hydrogen-bond donors (Lipinski definition) is 2. The second kappa shape index (κ2) is 8.03. The molecule has 0 heterocycles. The lowest BCUT2D eigenvalue weighted by Crippen LogP contribution is -2.39. The van der Waals surface area contributed by atoms with Crippen molar-refractivity contribution in [3.8, 4) is 0 Å². The molecule has 0 atom stereocenters. The van der Waals surface area contributed by atoms with Crippen LogP contribution in [0.15, 0.2) is 48.5 Å². The van der Waals surface area contributed by atoms with E-state index in [1.54, 1.807) is 18.2 Å². The number of aromatic carboxylic acids is 1. The Morgan fingerprint density at radius 1 is 1.08 bits per heavy atom. The van der Waals surface area contributed by atoms with E-state index in [1.807, 2.05) is 18.2 Å². The average Bonchev–Trinajstić information content (AvgIpc) is 2.63. The van der Waals surface area contributed by atoms with Crippen molar-refractivity contribution in [1.29, 1.82) is 0 Å². The first-order valence-corrected chi connectivity index (χ1v) is 9.26. The number of rotatable bonds is 6. The van der Waals surface area contributed by atoms with Gasteiger partial charge in [0.05, 0.1) is 5.56 Å². The van der Waals surface area contributed by atoms with Crippen LogP contribution in [0.1, 0.15) is 53.6 Å². The number of nitrogens with one attached hydrogen (secondary N) is 1. The highest BCUT2D eigenvalue weighted by Gasteiger charge is 2.33. The van der Waals surface area contributed by atoms with Gasteiger partial charge < -0.3 is 10.4 Å². The number of hydrogen-bond acceptors (Lipinski definition) is 2. The predicted octanol–water partition coefficient (Wildman–Crippen LogP) is 5.03. The molecular formula is C21H24ClNO2. The summed E-state index contributed by atoms with van der Waals surface area (Å²) in [6, 6.07) is 15.4. The smallest absolute Gasteiger partial charge is 0.335 e. The van der Waals surface area contributed by atoms with Crippen LogP contribution >= 0.6 is 11.6 Å². The highest BCUT2D eigenvalue weighted by Crippen LogP contribution is 2.39. The van der Waals surface area contributed by atoms with Crippen molar-refractivity contribution in [2.24, 2.45) is 0 Å². The molecule has 1 aliphatic carbocycles. The molecule has 0 aliphatic heterocycles. The lowest BCUT2D eigenvalue weighted by Gasteiger charge is -2.38. The normalized spacial score (nSPS) is 16.5. The Balaban J connectivity index is 1.71. The Hall–Kier alpha value is -1.84. The van der Waals surface area contributed by atoms with Crippen LogP contribution in [0.5, 0.6) is 0 Å². The molecule has 0 aromatic heterocycles. The largest absolute Gasteiger partial charge is 0.478 e. The maximum absolute atomic E-state index is 11.1. The van der Waals surface area contributed by atoms with Crippen molar-refractivity contribution in [3.05, 3.63) is 70.2 Å². The second-order valence-corrected chi connectivity index (χ2v) is 7.40. The SMILES string of the molecule is O=C(O)c1cccc(CNCC2(c3cccc(Cl)c3)CCCCC2)c1. The van der Waals surface area contributed by atoms with E-state index in [9.17, 15) is 4.79 Å².